The SMILES string of the molecule is COC(=O)[C@@H]1C[C@H](N(C)C(C)C)CC[C@@H]1N1CC[C@H](NC(=O)OCc2ccccc2)C1=O. The van der Waals surface area contributed by atoms with Crippen LogP contribution in [0.15, 0.2) is 30.3 Å². The highest BCUT2D eigenvalue weighted by Crippen LogP contribution is 2.34. The number of benzene rings is 1. The van der Waals surface area contributed by atoms with Gasteiger partial charge < -0.3 is 24.6 Å². The van der Waals surface area contributed by atoms with Crippen LogP contribution in [0.25, 0.3) is 0 Å². The van der Waals surface area contributed by atoms with Gasteiger partial charge in [-0.2, -0.15) is 0 Å². The van der Waals surface area contributed by atoms with E-state index in [9.17, 15) is 14.4 Å². The van der Waals surface area contributed by atoms with Gasteiger partial charge in [-0.15, -0.1) is 0 Å². The van der Waals surface area contributed by atoms with Crippen molar-refractivity contribution in [1.29, 1.82) is 0 Å². The van der Waals surface area contributed by atoms with Crippen molar-refractivity contribution in [2.45, 2.75) is 70.3 Å². The Kier molecular flexibility index (Phi) is 8.12. The maximum Gasteiger partial charge on any atom is 0.408 e. The summed E-state index contributed by atoms with van der Waals surface area (Å²) in [4.78, 5) is 41.9. The number of likely N-dealkylation sites (tertiary alicyclic amines) is 1. The highest BCUT2D eigenvalue weighted by molar-refractivity contribution is 5.88. The van der Waals surface area contributed by atoms with E-state index in [1.165, 1.54) is 7.11 Å². The Labute approximate surface area is 190 Å². The van der Waals surface area contributed by atoms with Gasteiger partial charge in [0.05, 0.1) is 13.0 Å². The Bertz CT molecular complexity index is 800. The largest absolute Gasteiger partial charge is 0.469 e. The third kappa shape index (κ3) is 5.59. The summed E-state index contributed by atoms with van der Waals surface area (Å²) >= 11 is 0. The average molecular weight is 446 g/mol. The fourth-order valence-electron chi connectivity index (χ4n) is 4.77. The van der Waals surface area contributed by atoms with Crippen LogP contribution in [0.5, 0.6) is 0 Å². The lowest BCUT2D eigenvalue weighted by atomic mass is 9.80. The molecular weight excluding hydrogens is 410 g/mol. The van der Waals surface area contributed by atoms with E-state index in [0.29, 0.717) is 25.4 Å². The van der Waals surface area contributed by atoms with E-state index in [1.54, 1.807) is 4.90 Å². The molecule has 1 saturated heterocycles. The summed E-state index contributed by atoms with van der Waals surface area (Å²) in [5.41, 5.74) is 0.881. The molecule has 1 aromatic carbocycles. The summed E-state index contributed by atoms with van der Waals surface area (Å²) in [6, 6.07) is 9.19. The fraction of sp³-hybridized carbons (Fsp3) is 0.625. The summed E-state index contributed by atoms with van der Waals surface area (Å²) in [5, 5.41) is 2.69. The molecule has 1 heterocycles. The smallest absolute Gasteiger partial charge is 0.408 e. The third-order valence-corrected chi connectivity index (χ3v) is 6.83. The normalized spacial score (nSPS) is 25.8. The molecule has 2 amide bonds. The predicted octanol–water partition coefficient (Wildman–Crippen LogP) is 2.56. The van der Waals surface area contributed by atoms with Crippen molar-refractivity contribution in [1.82, 2.24) is 15.1 Å². The minimum absolute atomic E-state index is 0.148. The highest BCUT2D eigenvalue weighted by atomic mass is 16.5. The molecule has 8 heteroatoms. The second-order valence-electron chi connectivity index (χ2n) is 9.00. The molecule has 2 fully saturated rings. The molecule has 0 spiro atoms. The fourth-order valence-corrected chi connectivity index (χ4v) is 4.77. The van der Waals surface area contributed by atoms with Crippen molar-refractivity contribution < 1.29 is 23.9 Å². The van der Waals surface area contributed by atoms with Gasteiger partial charge in [0.25, 0.3) is 0 Å². The van der Waals surface area contributed by atoms with Crippen molar-refractivity contribution in [3.8, 4) is 0 Å². The maximum atomic E-state index is 13.1. The lowest BCUT2D eigenvalue weighted by molar-refractivity contribution is -0.152. The van der Waals surface area contributed by atoms with Crippen LogP contribution in [0.4, 0.5) is 4.79 Å². The predicted molar refractivity (Wildman–Crippen MR) is 120 cm³/mol. The Morgan fingerprint density at radius 1 is 1.19 bits per heavy atom. The minimum Gasteiger partial charge on any atom is -0.469 e. The zero-order valence-corrected chi connectivity index (χ0v) is 19.5. The standard InChI is InChI=1S/C24H35N3O5/c1-16(2)26(3)18-10-11-21(19(14-18)23(29)31-4)27-13-12-20(22(27)28)25-24(30)32-15-17-8-6-5-7-9-17/h5-9,16,18-21H,10-15H2,1-4H3,(H,25,30)/t18-,19-,20+,21+/m1/s1. The van der Waals surface area contributed by atoms with Crippen LogP contribution in [0.3, 0.4) is 0 Å². The van der Waals surface area contributed by atoms with Crippen molar-refractivity contribution in [2.24, 2.45) is 5.92 Å². The van der Waals surface area contributed by atoms with Crippen LogP contribution in [-0.2, 0) is 25.7 Å². The van der Waals surface area contributed by atoms with E-state index >= 15 is 0 Å². The van der Waals surface area contributed by atoms with Crippen molar-refractivity contribution in [3.05, 3.63) is 35.9 Å². The van der Waals surface area contributed by atoms with Crippen molar-refractivity contribution in [3.63, 3.8) is 0 Å². The van der Waals surface area contributed by atoms with E-state index in [2.05, 4.69) is 31.1 Å². The van der Waals surface area contributed by atoms with Crippen LogP contribution < -0.4 is 5.32 Å². The number of hydrogen-bond donors (Lipinski definition) is 1. The molecule has 176 valence electrons. The first kappa shape index (κ1) is 24.0. The molecule has 32 heavy (non-hydrogen) atoms. The van der Waals surface area contributed by atoms with E-state index in [1.807, 2.05) is 30.3 Å². The molecule has 0 radical (unpaired) electrons. The maximum absolute atomic E-state index is 13.1. The second kappa shape index (κ2) is 10.8. The minimum atomic E-state index is -0.632. The molecular formula is C24H35N3O5. The van der Waals surface area contributed by atoms with E-state index in [4.69, 9.17) is 9.47 Å². The summed E-state index contributed by atoms with van der Waals surface area (Å²) in [7, 11) is 3.47. The Balaban J connectivity index is 1.59. The number of carbonyl (C=O) groups excluding carboxylic acids is 3. The molecule has 1 aliphatic heterocycles. The summed E-state index contributed by atoms with van der Waals surface area (Å²) in [6.45, 7) is 4.92. The summed E-state index contributed by atoms with van der Waals surface area (Å²) in [5.74, 6) is -0.799. The van der Waals surface area contributed by atoms with Gasteiger partial charge in [-0.1, -0.05) is 30.3 Å². The van der Waals surface area contributed by atoms with Gasteiger partial charge in [0, 0.05) is 24.7 Å². The van der Waals surface area contributed by atoms with Gasteiger partial charge in [-0.25, -0.2) is 4.79 Å². The number of rotatable bonds is 7. The zero-order valence-electron chi connectivity index (χ0n) is 19.5. The number of ether oxygens (including phenoxy) is 2. The molecule has 4 atom stereocenters. The Morgan fingerprint density at radius 3 is 2.56 bits per heavy atom. The van der Waals surface area contributed by atoms with Gasteiger partial charge in [0.15, 0.2) is 0 Å². The summed E-state index contributed by atoms with van der Waals surface area (Å²) in [6.07, 6.45) is 2.19. The molecule has 1 saturated carbocycles. The molecule has 0 bridgehead atoms. The van der Waals surface area contributed by atoms with Crippen LogP contribution in [0, 0.1) is 5.92 Å². The zero-order chi connectivity index (χ0) is 23.3. The number of methoxy groups -OCH3 is 1. The first-order valence-corrected chi connectivity index (χ1v) is 11.4. The Morgan fingerprint density at radius 2 is 1.91 bits per heavy atom. The molecule has 1 N–H and O–H groups in total. The molecule has 1 aliphatic carbocycles. The van der Waals surface area contributed by atoms with E-state index < -0.39 is 12.1 Å². The van der Waals surface area contributed by atoms with Gasteiger partial charge in [0.1, 0.15) is 12.6 Å². The lowest BCUT2D eigenvalue weighted by Crippen LogP contribution is -2.53. The molecule has 2 aliphatic rings. The van der Waals surface area contributed by atoms with Crippen LogP contribution in [0.2, 0.25) is 0 Å². The molecule has 0 unspecified atom stereocenters. The van der Waals surface area contributed by atoms with Gasteiger partial charge >= 0.3 is 12.1 Å². The molecule has 3 rings (SSSR count). The topological polar surface area (TPSA) is 88.2 Å². The van der Waals surface area contributed by atoms with E-state index in [-0.39, 0.29) is 36.5 Å². The monoisotopic (exact) mass is 445 g/mol. The number of nitrogens with one attached hydrogen (secondary N) is 1. The van der Waals surface area contributed by atoms with Crippen LogP contribution in [0.1, 0.15) is 45.1 Å². The number of carbonyl (C=O) groups is 3. The highest BCUT2D eigenvalue weighted by Gasteiger charge is 2.45. The van der Waals surface area contributed by atoms with E-state index in [0.717, 1.165) is 18.4 Å². The van der Waals surface area contributed by atoms with Gasteiger partial charge in [-0.3, -0.25) is 9.59 Å². The first-order chi connectivity index (χ1) is 15.3. The van der Waals surface area contributed by atoms with Gasteiger partial charge in [-0.05, 0) is 52.1 Å². The molecule has 0 aromatic heterocycles. The number of hydrogen-bond acceptors (Lipinski definition) is 6. The number of alkyl carbamates (subject to hydrolysis) is 1. The molecule has 1 aromatic rings. The van der Waals surface area contributed by atoms with Gasteiger partial charge in [0.2, 0.25) is 5.91 Å². The number of nitrogens with zero attached hydrogens (tertiary/aromatic N) is 2. The average Bonchev–Trinajstić information content (AvgIpc) is 3.16. The van der Waals surface area contributed by atoms with Crippen LogP contribution in [-0.4, -0.2) is 72.6 Å². The Hall–Kier alpha value is -2.61. The van der Waals surface area contributed by atoms with Crippen molar-refractivity contribution in [2.75, 3.05) is 20.7 Å². The lowest BCUT2D eigenvalue weighted by Gasteiger charge is -2.43. The second-order valence-corrected chi connectivity index (χ2v) is 9.00. The summed E-state index contributed by atoms with van der Waals surface area (Å²) < 4.78 is 10.3. The first-order valence-electron chi connectivity index (χ1n) is 11.4. The molecule has 8 nitrogen and oxygen atoms in total. The van der Waals surface area contributed by atoms with Crippen LogP contribution >= 0.6 is 0 Å². The number of amides is 2. The quantitative estimate of drug-likeness (QED) is 0.649. The van der Waals surface area contributed by atoms with Crippen molar-refractivity contribution >= 4 is 18.0 Å². The number of esters is 1. The third-order valence-electron chi connectivity index (χ3n) is 6.83.